The van der Waals surface area contributed by atoms with Gasteiger partial charge in [-0.3, -0.25) is 4.79 Å². The Balaban J connectivity index is 1.66. The molecule has 0 bridgehead atoms. The highest BCUT2D eigenvalue weighted by Gasteiger charge is 2.62. The Morgan fingerprint density at radius 1 is 1.04 bits per heavy atom. The van der Waals surface area contributed by atoms with Gasteiger partial charge in [0.1, 0.15) is 5.78 Å². The van der Waals surface area contributed by atoms with Crippen LogP contribution in [0.5, 0.6) is 0 Å². The van der Waals surface area contributed by atoms with E-state index in [0.29, 0.717) is 23.0 Å². The fourth-order valence-corrected chi connectivity index (χ4v) is 8.31. The first-order chi connectivity index (χ1) is 11.4. The second-order valence-corrected chi connectivity index (χ2v) is 9.90. The standard InChI is InChI=1S/C22H36O2/c1-4-15-6-8-20-18-7-5-16-13-17(24)9-11-21(16,3)19(18)10-12-22(15,20)14(2)23/h15-20,24H,4-13H2,1-3H3/t15-,16-,17+,18?,19?,20?,21-,22+/m0/s1. The lowest BCUT2D eigenvalue weighted by atomic mass is 9.44. The van der Waals surface area contributed by atoms with Crippen LogP contribution < -0.4 is 0 Å². The van der Waals surface area contributed by atoms with Crippen LogP contribution in [0.15, 0.2) is 0 Å². The number of aliphatic hydroxyl groups excluding tert-OH is 1. The van der Waals surface area contributed by atoms with Crippen LogP contribution in [-0.2, 0) is 4.79 Å². The molecular formula is C22H36O2. The molecule has 1 N–H and O–H groups in total. The molecule has 0 aliphatic heterocycles. The van der Waals surface area contributed by atoms with E-state index in [0.717, 1.165) is 37.0 Å². The van der Waals surface area contributed by atoms with E-state index in [2.05, 4.69) is 13.8 Å². The molecule has 0 saturated heterocycles. The number of Topliss-reactive ketones (excluding diaryl/α,β-unsaturated/α-hetero) is 1. The monoisotopic (exact) mass is 332 g/mol. The molecule has 0 heterocycles. The van der Waals surface area contributed by atoms with E-state index in [9.17, 15) is 9.90 Å². The maximum absolute atomic E-state index is 12.8. The maximum atomic E-state index is 12.8. The first kappa shape index (κ1) is 17.1. The molecule has 3 unspecified atom stereocenters. The number of fused-ring (bicyclic) bond motifs is 5. The third-order valence-electron chi connectivity index (χ3n) is 9.47. The Morgan fingerprint density at radius 2 is 1.83 bits per heavy atom. The average molecular weight is 333 g/mol. The molecular weight excluding hydrogens is 296 g/mol. The van der Waals surface area contributed by atoms with Gasteiger partial charge in [0.05, 0.1) is 6.10 Å². The summed E-state index contributed by atoms with van der Waals surface area (Å²) in [5.74, 6) is 4.09. The molecule has 2 nitrogen and oxygen atoms in total. The summed E-state index contributed by atoms with van der Waals surface area (Å²) in [5.41, 5.74) is 0.447. The molecule has 4 saturated carbocycles. The predicted molar refractivity (Wildman–Crippen MR) is 96.5 cm³/mol. The molecule has 0 amide bonds. The zero-order chi connectivity index (χ0) is 17.1. The molecule has 4 aliphatic rings. The van der Waals surface area contributed by atoms with Gasteiger partial charge in [-0.15, -0.1) is 0 Å². The highest BCUT2D eigenvalue weighted by atomic mass is 16.3. The van der Waals surface area contributed by atoms with E-state index in [1.807, 2.05) is 6.92 Å². The Labute approximate surface area is 147 Å². The third-order valence-corrected chi connectivity index (χ3v) is 9.47. The van der Waals surface area contributed by atoms with Crippen LogP contribution in [0.3, 0.4) is 0 Å². The first-order valence-electron chi connectivity index (χ1n) is 10.6. The largest absolute Gasteiger partial charge is 0.393 e. The molecule has 24 heavy (non-hydrogen) atoms. The van der Waals surface area contributed by atoms with Crippen molar-refractivity contribution in [1.29, 1.82) is 0 Å². The summed E-state index contributed by atoms with van der Waals surface area (Å²) >= 11 is 0. The Hall–Kier alpha value is -0.370. The summed E-state index contributed by atoms with van der Waals surface area (Å²) in [6.07, 6.45) is 11.9. The zero-order valence-corrected chi connectivity index (χ0v) is 15.9. The number of hydrogen-bond donors (Lipinski definition) is 1. The van der Waals surface area contributed by atoms with Gasteiger partial charge in [-0.25, -0.2) is 0 Å². The first-order valence-corrected chi connectivity index (χ1v) is 10.6. The van der Waals surface area contributed by atoms with Gasteiger partial charge < -0.3 is 5.11 Å². The quantitative estimate of drug-likeness (QED) is 0.774. The van der Waals surface area contributed by atoms with Crippen molar-refractivity contribution in [3.8, 4) is 0 Å². The van der Waals surface area contributed by atoms with Crippen LogP contribution in [0.4, 0.5) is 0 Å². The van der Waals surface area contributed by atoms with Gasteiger partial charge >= 0.3 is 0 Å². The molecule has 2 heteroatoms. The van der Waals surface area contributed by atoms with Crippen molar-refractivity contribution in [3.05, 3.63) is 0 Å². The van der Waals surface area contributed by atoms with E-state index in [1.54, 1.807) is 0 Å². The topological polar surface area (TPSA) is 37.3 Å². The van der Waals surface area contributed by atoms with E-state index in [1.165, 1.54) is 44.9 Å². The van der Waals surface area contributed by atoms with Gasteiger partial charge in [-0.1, -0.05) is 20.3 Å². The number of carbonyl (C=O) groups excluding carboxylic acids is 1. The molecule has 0 spiro atoms. The van der Waals surface area contributed by atoms with Crippen molar-refractivity contribution in [1.82, 2.24) is 0 Å². The minimum absolute atomic E-state index is 0.0211. The van der Waals surface area contributed by atoms with Gasteiger partial charge in [-0.2, -0.15) is 0 Å². The maximum Gasteiger partial charge on any atom is 0.136 e. The number of hydrogen-bond acceptors (Lipinski definition) is 2. The van der Waals surface area contributed by atoms with Crippen molar-refractivity contribution < 1.29 is 9.90 Å². The van der Waals surface area contributed by atoms with Crippen molar-refractivity contribution >= 4 is 5.78 Å². The minimum Gasteiger partial charge on any atom is -0.393 e. The number of rotatable bonds is 2. The summed E-state index contributed by atoms with van der Waals surface area (Å²) in [7, 11) is 0. The summed E-state index contributed by atoms with van der Waals surface area (Å²) in [6.45, 7) is 6.73. The Kier molecular flexibility index (Phi) is 4.14. The van der Waals surface area contributed by atoms with Gasteiger partial charge in [-0.05, 0) is 99.7 Å². The summed E-state index contributed by atoms with van der Waals surface area (Å²) < 4.78 is 0. The lowest BCUT2D eigenvalue weighted by Crippen LogP contribution is -2.56. The lowest BCUT2D eigenvalue weighted by Gasteiger charge is -2.61. The predicted octanol–water partition coefficient (Wildman–Crippen LogP) is 4.99. The average Bonchev–Trinajstić information content (AvgIpc) is 2.95. The third kappa shape index (κ3) is 2.14. The van der Waals surface area contributed by atoms with E-state index < -0.39 is 0 Å². The molecule has 0 aromatic rings. The van der Waals surface area contributed by atoms with Crippen LogP contribution in [0.2, 0.25) is 0 Å². The Morgan fingerprint density at radius 3 is 2.54 bits per heavy atom. The number of ketones is 1. The van der Waals surface area contributed by atoms with Crippen LogP contribution in [-0.4, -0.2) is 17.0 Å². The summed E-state index contributed by atoms with van der Waals surface area (Å²) in [5, 5.41) is 10.1. The number of aliphatic hydroxyl groups is 1. The van der Waals surface area contributed by atoms with Crippen molar-refractivity contribution in [3.63, 3.8) is 0 Å². The van der Waals surface area contributed by atoms with Crippen LogP contribution >= 0.6 is 0 Å². The second kappa shape index (κ2) is 5.83. The number of carbonyl (C=O) groups is 1. The summed E-state index contributed by atoms with van der Waals surface area (Å²) in [6, 6.07) is 0. The lowest BCUT2D eigenvalue weighted by molar-refractivity contribution is -0.153. The molecule has 0 aromatic carbocycles. The van der Waals surface area contributed by atoms with Crippen molar-refractivity contribution in [2.45, 2.75) is 91.1 Å². The molecule has 4 aliphatic carbocycles. The second-order valence-electron chi connectivity index (χ2n) is 9.90. The highest BCUT2D eigenvalue weighted by Crippen LogP contribution is 2.68. The molecule has 4 fully saturated rings. The van der Waals surface area contributed by atoms with Gasteiger partial charge in [0, 0.05) is 5.41 Å². The van der Waals surface area contributed by atoms with Crippen molar-refractivity contribution in [2.24, 2.45) is 40.4 Å². The fourth-order valence-electron chi connectivity index (χ4n) is 8.31. The normalized spacial score (nSPS) is 53.8. The van der Waals surface area contributed by atoms with Crippen LogP contribution in [0.1, 0.15) is 85.0 Å². The molecule has 0 radical (unpaired) electrons. The molecule has 136 valence electrons. The SMILES string of the molecule is CC[C@H]1CCC2C3CC[C@H]4C[C@H](O)CC[C@]4(C)C3CC[C@]21C(C)=O. The zero-order valence-electron chi connectivity index (χ0n) is 15.9. The van der Waals surface area contributed by atoms with E-state index in [4.69, 9.17) is 0 Å². The highest BCUT2D eigenvalue weighted by molar-refractivity contribution is 5.83. The Bertz CT molecular complexity index is 514. The van der Waals surface area contributed by atoms with Gasteiger partial charge in [0.2, 0.25) is 0 Å². The molecule has 0 aromatic heterocycles. The molecule has 4 rings (SSSR count). The van der Waals surface area contributed by atoms with Crippen LogP contribution in [0, 0.1) is 40.4 Å². The van der Waals surface area contributed by atoms with Gasteiger partial charge in [0.15, 0.2) is 0 Å². The van der Waals surface area contributed by atoms with Crippen molar-refractivity contribution in [2.75, 3.05) is 0 Å². The molecule has 8 atom stereocenters. The fraction of sp³-hybridized carbons (Fsp3) is 0.955. The van der Waals surface area contributed by atoms with E-state index in [-0.39, 0.29) is 11.5 Å². The summed E-state index contributed by atoms with van der Waals surface area (Å²) in [4.78, 5) is 12.8. The van der Waals surface area contributed by atoms with Crippen LogP contribution in [0.25, 0.3) is 0 Å². The van der Waals surface area contributed by atoms with E-state index >= 15 is 0 Å². The van der Waals surface area contributed by atoms with Gasteiger partial charge in [0.25, 0.3) is 0 Å². The smallest absolute Gasteiger partial charge is 0.136 e. The minimum atomic E-state index is -0.0597.